The van der Waals surface area contributed by atoms with Crippen LogP contribution in [-0.2, 0) is 16.1 Å². The lowest BCUT2D eigenvalue weighted by molar-refractivity contribution is -0.122. The van der Waals surface area contributed by atoms with Gasteiger partial charge in [-0.3, -0.25) is 14.6 Å². The topological polar surface area (TPSA) is 79.3 Å². The minimum absolute atomic E-state index is 0.140. The van der Waals surface area contributed by atoms with Crippen molar-refractivity contribution in [3.05, 3.63) is 92.3 Å². The highest BCUT2D eigenvalue weighted by Gasteiger charge is 2.31. The van der Waals surface area contributed by atoms with Gasteiger partial charge in [-0.2, -0.15) is 0 Å². The number of rotatable bonds is 10. The minimum Gasteiger partial charge on any atom is -0.493 e. The molecule has 2 aliphatic rings. The standard InChI is InChI=1S/C31H28Cl2N2O5S2/c32-24-6-7-25(26(33)18-24)21-4-1-3-20(15-21)16-28-29(36)35(31(41)42-28)9-2-12-40-27-8-5-22(30(37)38)17-23(27)19-34-10-13-39-14-11-34/h1,3-8,15-18H,2,9-14,19H2,(H,37,38). The van der Waals surface area contributed by atoms with E-state index in [2.05, 4.69) is 4.90 Å². The van der Waals surface area contributed by atoms with Crippen molar-refractivity contribution in [3.8, 4) is 16.9 Å². The number of benzene rings is 3. The Labute approximate surface area is 264 Å². The molecule has 0 aromatic heterocycles. The first kappa shape index (κ1) is 30.5. The second-order valence-electron chi connectivity index (χ2n) is 9.80. The lowest BCUT2D eigenvalue weighted by Crippen LogP contribution is -2.35. The third-order valence-electron chi connectivity index (χ3n) is 6.89. The zero-order chi connectivity index (χ0) is 29.6. The van der Waals surface area contributed by atoms with E-state index in [1.807, 2.05) is 36.4 Å². The van der Waals surface area contributed by atoms with E-state index < -0.39 is 5.97 Å². The summed E-state index contributed by atoms with van der Waals surface area (Å²) in [5.74, 6) is -0.483. The Morgan fingerprint density at radius 1 is 1.10 bits per heavy atom. The number of carbonyl (C=O) groups is 2. The fourth-order valence-electron chi connectivity index (χ4n) is 4.75. The number of thiocarbonyl (C=S) groups is 1. The van der Waals surface area contributed by atoms with E-state index in [-0.39, 0.29) is 11.5 Å². The molecule has 5 rings (SSSR count). The highest BCUT2D eigenvalue weighted by Crippen LogP contribution is 2.35. The predicted molar refractivity (Wildman–Crippen MR) is 171 cm³/mol. The molecule has 0 saturated carbocycles. The quantitative estimate of drug-likeness (QED) is 0.146. The average Bonchev–Trinajstić information content (AvgIpc) is 3.23. The zero-order valence-electron chi connectivity index (χ0n) is 22.6. The van der Waals surface area contributed by atoms with Gasteiger partial charge in [-0.05, 0) is 60.0 Å². The molecule has 1 N–H and O–H groups in total. The fraction of sp³-hybridized carbons (Fsp3) is 0.258. The third-order valence-corrected chi connectivity index (χ3v) is 8.81. The van der Waals surface area contributed by atoms with Gasteiger partial charge in [0.1, 0.15) is 10.1 Å². The summed E-state index contributed by atoms with van der Waals surface area (Å²) in [6.45, 7) is 4.18. The Hall–Kier alpha value is -2.92. The molecule has 7 nitrogen and oxygen atoms in total. The van der Waals surface area contributed by atoms with E-state index in [0.717, 1.165) is 35.3 Å². The molecule has 0 bridgehead atoms. The van der Waals surface area contributed by atoms with Crippen LogP contribution in [-0.4, -0.2) is 70.6 Å². The molecule has 2 saturated heterocycles. The molecule has 2 aliphatic heterocycles. The largest absolute Gasteiger partial charge is 0.493 e. The van der Waals surface area contributed by atoms with Crippen molar-refractivity contribution in [1.29, 1.82) is 0 Å². The van der Waals surface area contributed by atoms with Crippen LogP contribution in [0.5, 0.6) is 5.75 Å². The molecule has 3 aromatic rings. The number of carboxylic acids is 1. The molecule has 11 heteroatoms. The average molecular weight is 644 g/mol. The Morgan fingerprint density at radius 2 is 1.90 bits per heavy atom. The Morgan fingerprint density at radius 3 is 2.67 bits per heavy atom. The van der Waals surface area contributed by atoms with Crippen LogP contribution in [0.4, 0.5) is 0 Å². The molecule has 42 heavy (non-hydrogen) atoms. The van der Waals surface area contributed by atoms with E-state index in [4.69, 9.17) is 44.9 Å². The monoisotopic (exact) mass is 642 g/mol. The second kappa shape index (κ2) is 14.0. The number of hydrogen-bond donors (Lipinski definition) is 1. The van der Waals surface area contributed by atoms with Gasteiger partial charge in [0.15, 0.2) is 0 Å². The zero-order valence-corrected chi connectivity index (χ0v) is 25.7. The number of ether oxygens (including phenoxy) is 2. The van der Waals surface area contributed by atoms with E-state index in [0.29, 0.717) is 64.4 Å². The van der Waals surface area contributed by atoms with E-state index in [1.54, 1.807) is 35.2 Å². The van der Waals surface area contributed by atoms with Crippen LogP contribution in [0.15, 0.2) is 65.6 Å². The summed E-state index contributed by atoms with van der Waals surface area (Å²) >= 11 is 19.2. The van der Waals surface area contributed by atoms with Crippen molar-refractivity contribution >= 4 is 69.5 Å². The number of hydrogen-bond acceptors (Lipinski definition) is 7. The molecule has 0 aliphatic carbocycles. The molecule has 3 aromatic carbocycles. The lowest BCUT2D eigenvalue weighted by Gasteiger charge is -2.27. The maximum absolute atomic E-state index is 13.2. The summed E-state index contributed by atoms with van der Waals surface area (Å²) < 4.78 is 12.0. The predicted octanol–water partition coefficient (Wildman–Crippen LogP) is 6.86. The van der Waals surface area contributed by atoms with E-state index in [1.165, 1.54) is 11.8 Å². The Bertz CT molecular complexity index is 1540. The summed E-state index contributed by atoms with van der Waals surface area (Å²) in [6, 6.07) is 18.1. The molecule has 218 valence electrons. The first-order valence-corrected chi connectivity index (χ1v) is 15.4. The maximum Gasteiger partial charge on any atom is 0.335 e. The van der Waals surface area contributed by atoms with E-state index >= 15 is 0 Å². The summed E-state index contributed by atoms with van der Waals surface area (Å²) in [5.41, 5.74) is 3.67. The van der Waals surface area contributed by atoms with Crippen LogP contribution in [0.2, 0.25) is 10.0 Å². The van der Waals surface area contributed by atoms with Gasteiger partial charge in [-0.15, -0.1) is 0 Å². The molecule has 2 heterocycles. The number of carboxylic acid groups (broad SMARTS) is 1. The molecular weight excluding hydrogens is 615 g/mol. The Kier molecular flexibility index (Phi) is 10.2. The number of nitrogens with zero attached hydrogens (tertiary/aromatic N) is 2. The summed E-state index contributed by atoms with van der Waals surface area (Å²) in [6.07, 6.45) is 2.40. The molecular formula is C31H28Cl2N2O5S2. The van der Waals surface area contributed by atoms with Crippen LogP contribution >= 0.6 is 47.2 Å². The smallest absolute Gasteiger partial charge is 0.335 e. The molecule has 0 radical (unpaired) electrons. The normalized spacial score (nSPS) is 16.8. The van der Waals surface area contributed by atoms with Gasteiger partial charge in [-0.25, -0.2) is 4.79 Å². The van der Waals surface area contributed by atoms with Crippen LogP contribution in [0.25, 0.3) is 17.2 Å². The Balaban J connectivity index is 1.20. The first-order valence-electron chi connectivity index (χ1n) is 13.4. The van der Waals surface area contributed by atoms with Gasteiger partial charge in [0.25, 0.3) is 5.91 Å². The molecule has 0 spiro atoms. The van der Waals surface area contributed by atoms with Crippen molar-refractivity contribution in [2.45, 2.75) is 13.0 Å². The number of amides is 1. The van der Waals surface area contributed by atoms with Crippen molar-refractivity contribution in [2.75, 3.05) is 39.5 Å². The fourth-order valence-corrected chi connectivity index (χ4v) is 6.57. The van der Waals surface area contributed by atoms with Gasteiger partial charge in [0.2, 0.25) is 0 Å². The third kappa shape index (κ3) is 7.53. The second-order valence-corrected chi connectivity index (χ2v) is 12.3. The van der Waals surface area contributed by atoms with E-state index in [9.17, 15) is 14.7 Å². The first-order chi connectivity index (χ1) is 20.3. The van der Waals surface area contributed by atoms with Gasteiger partial charge >= 0.3 is 5.97 Å². The number of aromatic carboxylic acids is 1. The van der Waals surface area contributed by atoms with Gasteiger partial charge < -0.3 is 14.6 Å². The number of carbonyl (C=O) groups excluding carboxylic acids is 1. The minimum atomic E-state index is -0.979. The lowest BCUT2D eigenvalue weighted by atomic mass is 10.0. The molecule has 1 amide bonds. The SMILES string of the molecule is O=C(O)c1ccc(OCCCN2C(=O)C(=Cc3cccc(-c4ccc(Cl)cc4Cl)c3)SC2=S)c(CN2CCOCC2)c1. The number of morpholine rings is 1. The summed E-state index contributed by atoms with van der Waals surface area (Å²) in [5, 5.41) is 10.6. The van der Waals surface area contributed by atoms with Crippen LogP contribution in [0.1, 0.15) is 27.9 Å². The number of halogens is 2. The van der Waals surface area contributed by atoms with Crippen molar-refractivity contribution in [3.63, 3.8) is 0 Å². The summed E-state index contributed by atoms with van der Waals surface area (Å²) in [4.78, 5) is 29.1. The van der Waals surface area contributed by atoms with Gasteiger partial charge in [0, 0.05) is 47.4 Å². The van der Waals surface area contributed by atoms with Crippen molar-refractivity contribution < 1.29 is 24.2 Å². The number of thioether (sulfide) groups is 1. The van der Waals surface area contributed by atoms with Gasteiger partial charge in [0.05, 0.1) is 30.3 Å². The van der Waals surface area contributed by atoms with Crippen LogP contribution in [0, 0.1) is 0 Å². The summed E-state index contributed by atoms with van der Waals surface area (Å²) in [7, 11) is 0. The maximum atomic E-state index is 13.2. The molecule has 0 atom stereocenters. The van der Waals surface area contributed by atoms with Crippen LogP contribution < -0.4 is 4.74 Å². The van der Waals surface area contributed by atoms with Crippen molar-refractivity contribution in [2.24, 2.45) is 0 Å². The molecule has 2 fully saturated rings. The van der Waals surface area contributed by atoms with Crippen LogP contribution in [0.3, 0.4) is 0 Å². The van der Waals surface area contributed by atoms with Gasteiger partial charge in [-0.1, -0.05) is 71.4 Å². The highest BCUT2D eigenvalue weighted by atomic mass is 35.5. The van der Waals surface area contributed by atoms with Crippen molar-refractivity contribution in [1.82, 2.24) is 9.80 Å². The highest BCUT2D eigenvalue weighted by molar-refractivity contribution is 8.26. The molecule has 0 unspecified atom stereocenters.